The molecule has 0 aliphatic rings. The van der Waals surface area contributed by atoms with Gasteiger partial charge in [0.15, 0.2) is 5.65 Å². The number of pyridine rings is 1. The van der Waals surface area contributed by atoms with E-state index in [9.17, 15) is 4.79 Å². The number of nitrogens with zero attached hydrogens (tertiary/aromatic N) is 3. The molecular weight excluding hydrogens is 364 g/mol. The van der Waals surface area contributed by atoms with Crippen molar-refractivity contribution in [1.29, 1.82) is 0 Å². The largest absolute Gasteiger partial charge is 0.464 e. The Morgan fingerprint density at radius 3 is 2.66 bits per heavy atom. The molecule has 1 unspecified atom stereocenters. The second kappa shape index (κ2) is 7.91. The van der Waals surface area contributed by atoms with Crippen LogP contribution < -0.4 is 5.32 Å². The Kier molecular flexibility index (Phi) is 5.16. The number of carbonyl (C=O) groups is 1. The maximum atomic E-state index is 12.8. The molecule has 0 saturated carbocycles. The monoisotopic (exact) mass is 388 g/mol. The van der Waals surface area contributed by atoms with Gasteiger partial charge in [-0.05, 0) is 44.0 Å². The number of aromatic nitrogens is 3. The zero-order valence-corrected chi connectivity index (χ0v) is 16.8. The summed E-state index contributed by atoms with van der Waals surface area (Å²) in [7, 11) is 0. The average Bonchev–Trinajstić information content (AvgIpc) is 3.36. The predicted octanol–water partition coefficient (Wildman–Crippen LogP) is 4.58. The van der Waals surface area contributed by atoms with Crippen molar-refractivity contribution < 1.29 is 9.21 Å². The van der Waals surface area contributed by atoms with Gasteiger partial charge in [0.1, 0.15) is 12.3 Å². The zero-order valence-electron chi connectivity index (χ0n) is 16.8. The fraction of sp³-hybridized carbons (Fsp3) is 0.261. The first-order valence-corrected chi connectivity index (χ1v) is 9.78. The molecule has 0 fully saturated rings. The second-order valence-corrected chi connectivity index (χ2v) is 7.22. The Balaban J connectivity index is 1.58. The number of fused-ring (bicyclic) bond motifs is 1. The first-order chi connectivity index (χ1) is 14.1. The molecule has 0 saturated heterocycles. The van der Waals surface area contributed by atoms with E-state index in [2.05, 4.69) is 53.5 Å². The van der Waals surface area contributed by atoms with Crippen LogP contribution in [0.3, 0.4) is 0 Å². The van der Waals surface area contributed by atoms with Gasteiger partial charge in [0.25, 0.3) is 0 Å². The van der Waals surface area contributed by atoms with Crippen molar-refractivity contribution in [2.45, 2.75) is 39.8 Å². The van der Waals surface area contributed by atoms with Gasteiger partial charge in [0.2, 0.25) is 5.91 Å². The van der Waals surface area contributed by atoms with E-state index < -0.39 is 0 Å². The Hall–Kier alpha value is -3.41. The fourth-order valence-corrected chi connectivity index (χ4v) is 3.62. The van der Waals surface area contributed by atoms with Gasteiger partial charge in [0, 0.05) is 11.8 Å². The van der Waals surface area contributed by atoms with Crippen LogP contribution in [0.15, 0.2) is 59.3 Å². The molecule has 0 spiro atoms. The molecule has 0 aliphatic carbocycles. The van der Waals surface area contributed by atoms with Crippen LogP contribution in [0.5, 0.6) is 0 Å². The van der Waals surface area contributed by atoms with Gasteiger partial charge < -0.3 is 9.73 Å². The molecule has 148 valence electrons. The summed E-state index contributed by atoms with van der Waals surface area (Å²) < 4.78 is 7.21. The normalized spacial score (nSPS) is 12.2. The van der Waals surface area contributed by atoms with E-state index in [0.29, 0.717) is 5.65 Å². The van der Waals surface area contributed by atoms with Gasteiger partial charge in [-0.1, -0.05) is 36.8 Å². The molecule has 6 nitrogen and oxygen atoms in total. The lowest BCUT2D eigenvalue weighted by Gasteiger charge is -2.18. The molecule has 4 aromatic rings. The van der Waals surface area contributed by atoms with E-state index in [-0.39, 0.29) is 18.5 Å². The highest BCUT2D eigenvalue weighted by molar-refractivity contribution is 5.93. The highest BCUT2D eigenvalue weighted by Crippen LogP contribution is 2.30. The van der Waals surface area contributed by atoms with Crippen molar-refractivity contribution in [3.8, 4) is 11.3 Å². The van der Waals surface area contributed by atoms with Gasteiger partial charge in [-0.3, -0.25) is 4.79 Å². The van der Waals surface area contributed by atoms with Gasteiger partial charge in [-0.15, -0.1) is 0 Å². The van der Waals surface area contributed by atoms with Gasteiger partial charge in [-0.25, -0.2) is 9.67 Å². The Morgan fingerprint density at radius 2 is 1.97 bits per heavy atom. The summed E-state index contributed by atoms with van der Waals surface area (Å²) in [5.74, 6) is 0.668. The molecule has 0 bridgehead atoms. The van der Waals surface area contributed by atoms with Crippen molar-refractivity contribution in [3.63, 3.8) is 0 Å². The van der Waals surface area contributed by atoms with Crippen LogP contribution in [0.25, 0.3) is 22.4 Å². The molecule has 1 N–H and O–H groups in total. The van der Waals surface area contributed by atoms with Crippen molar-refractivity contribution in [3.05, 3.63) is 71.7 Å². The molecular formula is C23H24N4O2. The lowest BCUT2D eigenvalue weighted by molar-refractivity contribution is -0.122. The molecule has 1 aromatic carbocycles. The van der Waals surface area contributed by atoms with E-state index >= 15 is 0 Å². The summed E-state index contributed by atoms with van der Waals surface area (Å²) in [5.41, 5.74) is 4.72. The Bertz CT molecular complexity index is 1130. The Morgan fingerprint density at radius 1 is 1.17 bits per heavy atom. The van der Waals surface area contributed by atoms with Crippen LogP contribution in [0.4, 0.5) is 0 Å². The summed E-state index contributed by atoms with van der Waals surface area (Å²) in [6, 6.07) is 13.9. The molecule has 0 aliphatic heterocycles. The minimum absolute atomic E-state index is 0.0299. The molecule has 29 heavy (non-hydrogen) atoms. The quantitative estimate of drug-likeness (QED) is 0.525. The van der Waals surface area contributed by atoms with Gasteiger partial charge in [0.05, 0.1) is 23.4 Å². The van der Waals surface area contributed by atoms with Gasteiger partial charge in [-0.2, -0.15) is 5.10 Å². The van der Waals surface area contributed by atoms with E-state index in [4.69, 9.17) is 4.42 Å². The van der Waals surface area contributed by atoms with Crippen molar-refractivity contribution >= 4 is 16.9 Å². The Labute approximate surface area is 169 Å². The van der Waals surface area contributed by atoms with E-state index in [1.54, 1.807) is 17.1 Å². The highest BCUT2D eigenvalue weighted by atomic mass is 16.3. The third kappa shape index (κ3) is 3.78. The first kappa shape index (κ1) is 18.9. The van der Waals surface area contributed by atoms with E-state index in [1.165, 1.54) is 5.56 Å². The number of nitrogens with one attached hydrogen (secondary N) is 1. The van der Waals surface area contributed by atoms with Crippen LogP contribution in [-0.4, -0.2) is 20.7 Å². The smallest absolute Gasteiger partial charge is 0.242 e. The van der Waals surface area contributed by atoms with Crippen molar-refractivity contribution in [1.82, 2.24) is 20.1 Å². The number of carbonyl (C=O) groups excluding carboxylic acids is 1. The lowest BCUT2D eigenvalue weighted by Crippen LogP contribution is -2.31. The number of furan rings is 1. The van der Waals surface area contributed by atoms with Crippen molar-refractivity contribution in [2.75, 3.05) is 0 Å². The number of hydrogen-bond acceptors (Lipinski definition) is 4. The minimum Gasteiger partial charge on any atom is -0.464 e. The molecule has 4 rings (SSSR count). The maximum Gasteiger partial charge on any atom is 0.242 e. The summed E-state index contributed by atoms with van der Waals surface area (Å²) in [4.78, 5) is 17.2. The third-order valence-electron chi connectivity index (χ3n) is 5.11. The number of rotatable bonds is 6. The van der Waals surface area contributed by atoms with Crippen LogP contribution in [0.2, 0.25) is 0 Å². The van der Waals surface area contributed by atoms with Crippen LogP contribution >= 0.6 is 0 Å². The summed E-state index contributed by atoms with van der Waals surface area (Å²) in [5, 5.41) is 8.59. The average molecular weight is 388 g/mol. The number of benzene rings is 1. The molecule has 1 atom stereocenters. The number of aryl methyl sites for hydroxylation is 2. The SMILES string of the molecule is CCC(NC(=O)Cn1nc(C)c2c(-c3ccco3)ccnc21)c1ccc(C)cc1. The van der Waals surface area contributed by atoms with E-state index in [0.717, 1.165) is 34.4 Å². The fourth-order valence-electron chi connectivity index (χ4n) is 3.62. The molecule has 3 heterocycles. The van der Waals surface area contributed by atoms with Crippen LogP contribution in [0, 0.1) is 13.8 Å². The first-order valence-electron chi connectivity index (χ1n) is 9.78. The lowest BCUT2D eigenvalue weighted by atomic mass is 10.0. The summed E-state index contributed by atoms with van der Waals surface area (Å²) >= 11 is 0. The highest BCUT2D eigenvalue weighted by Gasteiger charge is 2.18. The van der Waals surface area contributed by atoms with Crippen LogP contribution in [-0.2, 0) is 11.3 Å². The van der Waals surface area contributed by atoms with Gasteiger partial charge >= 0.3 is 0 Å². The number of amides is 1. The van der Waals surface area contributed by atoms with Crippen molar-refractivity contribution in [2.24, 2.45) is 0 Å². The molecule has 0 radical (unpaired) electrons. The van der Waals surface area contributed by atoms with Crippen LogP contribution in [0.1, 0.15) is 36.2 Å². The molecule has 6 heteroatoms. The third-order valence-corrected chi connectivity index (χ3v) is 5.11. The zero-order chi connectivity index (χ0) is 20.4. The second-order valence-electron chi connectivity index (χ2n) is 7.22. The molecule has 3 aromatic heterocycles. The maximum absolute atomic E-state index is 12.8. The predicted molar refractivity (Wildman–Crippen MR) is 112 cm³/mol. The van der Waals surface area contributed by atoms with E-state index in [1.807, 2.05) is 25.1 Å². The topological polar surface area (TPSA) is 73.0 Å². The minimum atomic E-state index is -0.0907. The molecule has 1 amide bonds. The standard InChI is InChI=1S/C23H24N4O2/c1-4-19(17-9-7-15(2)8-10-17)25-21(28)14-27-23-22(16(3)26-27)18(11-12-24-23)20-6-5-13-29-20/h5-13,19H,4,14H2,1-3H3,(H,25,28). The summed E-state index contributed by atoms with van der Waals surface area (Å²) in [6.45, 7) is 6.15. The number of hydrogen-bond donors (Lipinski definition) is 1. The summed E-state index contributed by atoms with van der Waals surface area (Å²) in [6.07, 6.45) is 4.18.